The largest absolute Gasteiger partial charge is 0.290 e. The van der Waals surface area contributed by atoms with Crippen LogP contribution < -0.4 is 0 Å². The highest BCUT2D eigenvalue weighted by molar-refractivity contribution is 8.16. The topological polar surface area (TPSA) is 17.1 Å². The van der Waals surface area contributed by atoms with Crippen LogP contribution in [-0.4, -0.2) is 22.2 Å². The molecule has 0 radical (unpaired) electrons. The number of hydrogen-bond acceptors (Lipinski definition) is 1. The lowest BCUT2D eigenvalue weighted by atomic mass is 10.1. The molecule has 0 saturated carbocycles. The third-order valence-corrected chi connectivity index (χ3v) is 4.99. The lowest BCUT2D eigenvalue weighted by Gasteiger charge is -2.08. The second kappa shape index (κ2) is 3.62. The molecule has 1 nitrogen and oxygen atoms in total. The number of rotatable bonds is 0. The van der Waals surface area contributed by atoms with E-state index in [2.05, 4.69) is 6.08 Å². The lowest BCUT2D eigenvalue weighted by molar-refractivity contribution is -0.111. The van der Waals surface area contributed by atoms with E-state index in [1.807, 2.05) is 13.0 Å². The van der Waals surface area contributed by atoms with Crippen molar-refractivity contribution >= 4 is 21.1 Å². The quantitative estimate of drug-likeness (QED) is 0.541. The Kier molecular flexibility index (Phi) is 2.49. The van der Waals surface area contributed by atoms with Crippen LogP contribution in [0.2, 0.25) is 0 Å². The molecule has 2 rings (SSSR count). The molecule has 70 valence electrons. The molecule has 0 N–H and O–H groups in total. The number of carbonyl (C=O) groups excluding carboxylic acids is 1. The van der Waals surface area contributed by atoms with E-state index in [0.717, 1.165) is 5.57 Å². The normalized spacial score (nSPS) is 23.9. The van der Waals surface area contributed by atoms with Crippen LogP contribution in [0, 0.1) is 0 Å². The maximum atomic E-state index is 11.2. The fourth-order valence-electron chi connectivity index (χ4n) is 1.69. The van der Waals surface area contributed by atoms with E-state index in [1.54, 1.807) is 6.08 Å². The molecule has 0 spiro atoms. The Balaban J connectivity index is 2.31. The molecule has 1 saturated heterocycles. The zero-order valence-corrected chi connectivity index (χ0v) is 8.69. The van der Waals surface area contributed by atoms with Gasteiger partial charge in [0, 0.05) is 0 Å². The summed E-state index contributed by atoms with van der Waals surface area (Å²) in [7, 11) is 0.452. The van der Waals surface area contributed by atoms with Gasteiger partial charge < -0.3 is 0 Å². The van der Waals surface area contributed by atoms with Crippen molar-refractivity contribution in [1.29, 1.82) is 0 Å². The van der Waals surface area contributed by atoms with Gasteiger partial charge in [-0.3, -0.25) is 4.79 Å². The van der Waals surface area contributed by atoms with E-state index in [1.165, 1.54) is 29.2 Å². The summed E-state index contributed by atoms with van der Waals surface area (Å²) in [6.45, 7) is 1.91. The molecule has 0 amide bonds. The van der Waals surface area contributed by atoms with Gasteiger partial charge in [0.05, 0.1) is 0 Å². The predicted octanol–water partition coefficient (Wildman–Crippen LogP) is 2.31. The fraction of sp³-hybridized carbons (Fsp3) is 0.455. The van der Waals surface area contributed by atoms with E-state index < -0.39 is 0 Å². The van der Waals surface area contributed by atoms with Gasteiger partial charge in [-0.25, -0.2) is 0 Å². The van der Waals surface area contributed by atoms with E-state index >= 15 is 0 Å². The lowest BCUT2D eigenvalue weighted by Crippen LogP contribution is -2.05. The molecular formula is C11H14OS. The molecule has 1 aliphatic heterocycles. The summed E-state index contributed by atoms with van der Waals surface area (Å²) < 4.78 is 0. The highest BCUT2D eigenvalue weighted by Crippen LogP contribution is 2.28. The second-order valence-corrected chi connectivity index (χ2v) is 5.81. The van der Waals surface area contributed by atoms with Crippen LogP contribution in [0.4, 0.5) is 0 Å². The second-order valence-electron chi connectivity index (χ2n) is 3.54. The summed E-state index contributed by atoms with van der Waals surface area (Å²) in [5.41, 5.74) is 0.900. The van der Waals surface area contributed by atoms with Crippen molar-refractivity contribution in [2.75, 3.05) is 11.5 Å². The molecule has 0 aromatic rings. The Bertz CT molecular complexity index is 326. The van der Waals surface area contributed by atoms with E-state index in [4.69, 9.17) is 0 Å². The Labute approximate surface area is 81.5 Å². The summed E-state index contributed by atoms with van der Waals surface area (Å²) >= 11 is 0. The molecule has 1 fully saturated rings. The van der Waals surface area contributed by atoms with Crippen molar-refractivity contribution in [2.45, 2.75) is 19.8 Å². The monoisotopic (exact) mass is 194 g/mol. The summed E-state index contributed by atoms with van der Waals surface area (Å²) in [4.78, 5) is 12.6. The first-order chi connectivity index (χ1) is 6.27. The molecule has 0 unspecified atom stereocenters. The summed E-state index contributed by atoms with van der Waals surface area (Å²) in [6, 6.07) is 0. The predicted molar refractivity (Wildman–Crippen MR) is 59.5 cm³/mol. The summed E-state index contributed by atoms with van der Waals surface area (Å²) in [5, 5.41) is 0. The molecule has 0 bridgehead atoms. The Hall–Kier alpha value is -0.630. The van der Waals surface area contributed by atoms with Crippen LogP contribution in [0.5, 0.6) is 0 Å². The van der Waals surface area contributed by atoms with Gasteiger partial charge in [-0.15, -0.1) is 0 Å². The zero-order chi connectivity index (χ0) is 9.26. The van der Waals surface area contributed by atoms with Crippen molar-refractivity contribution < 1.29 is 4.79 Å². The Morgan fingerprint density at radius 1 is 1.23 bits per heavy atom. The Morgan fingerprint density at radius 3 is 2.54 bits per heavy atom. The van der Waals surface area contributed by atoms with E-state index in [0.29, 0.717) is 10.5 Å². The van der Waals surface area contributed by atoms with E-state index in [-0.39, 0.29) is 5.78 Å². The van der Waals surface area contributed by atoms with E-state index in [9.17, 15) is 4.79 Å². The van der Waals surface area contributed by atoms with Gasteiger partial charge in [0.25, 0.3) is 0 Å². The van der Waals surface area contributed by atoms with Gasteiger partial charge in [-0.1, -0.05) is 0 Å². The highest BCUT2D eigenvalue weighted by Gasteiger charge is 2.12. The van der Waals surface area contributed by atoms with Crippen molar-refractivity contribution in [3.63, 3.8) is 0 Å². The van der Waals surface area contributed by atoms with Gasteiger partial charge >= 0.3 is 0 Å². The van der Waals surface area contributed by atoms with Crippen molar-refractivity contribution in [1.82, 2.24) is 0 Å². The molecule has 1 heterocycles. The first kappa shape index (κ1) is 8.95. The standard InChI is InChI=1S/C11H14OS/c1-9-8-10(4-5-11(9)12)13-6-2-3-7-13/h4-5,8H,2-3,6-7H2,1H3. The number of carbonyl (C=O) groups is 1. The van der Waals surface area contributed by atoms with Crippen LogP contribution in [0.25, 0.3) is 0 Å². The van der Waals surface area contributed by atoms with Crippen LogP contribution in [0.1, 0.15) is 19.8 Å². The van der Waals surface area contributed by atoms with Gasteiger partial charge in [-0.2, -0.15) is 10.5 Å². The van der Waals surface area contributed by atoms with Gasteiger partial charge in [0.15, 0.2) is 5.78 Å². The molecule has 1 aliphatic carbocycles. The average molecular weight is 194 g/mol. The third kappa shape index (κ3) is 1.83. The minimum absolute atomic E-state index is 0.173. The number of ketones is 1. The first-order valence-electron chi connectivity index (χ1n) is 4.72. The Morgan fingerprint density at radius 2 is 1.92 bits per heavy atom. The minimum Gasteiger partial charge on any atom is -0.290 e. The molecule has 13 heavy (non-hydrogen) atoms. The van der Waals surface area contributed by atoms with Gasteiger partial charge in [-0.05, 0) is 59.9 Å². The maximum Gasteiger partial charge on any atom is 0.181 e. The number of allylic oxidation sites excluding steroid dienone is 4. The van der Waals surface area contributed by atoms with Crippen molar-refractivity contribution in [2.24, 2.45) is 0 Å². The van der Waals surface area contributed by atoms with Gasteiger partial charge in [0.2, 0.25) is 0 Å². The SMILES string of the molecule is CC1=CC(=S2CCCC2)C=CC1=O. The summed E-state index contributed by atoms with van der Waals surface area (Å²) in [5.74, 6) is 2.83. The first-order valence-corrected chi connectivity index (χ1v) is 6.29. The molecule has 2 heteroatoms. The van der Waals surface area contributed by atoms with Crippen molar-refractivity contribution in [3.8, 4) is 0 Å². The fourth-order valence-corrected chi connectivity index (χ4v) is 4.08. The zero-order valence-electron chi connectivity index (χ0n) is 7.88. The molecule has 0 aromatic heterocycles. The van der Waals surface area contributed by atoms with Crippen LogP contribution in [-0.2, 0) is 4.79 Å². The molecule has 0 atom stereocenters. The molecule has 2 aliphatic rings. The van der Waals surface area contributed by atoms with Crippen molar-refractivity contribution in [3.05, 3.63) is 23.8 Å². The smallest absolute Gasteiger partial charge is 0.181 e. The highest BCUT2D eigenvalue weighted by atomic mass is 32.2. The third-order valence-electron chi connectivity index (χ3n) is 2.51. The number of hydrogen-bond donors (Lipinski definition) is 0. The summed E-state index contributed by atoms with van der Waals surface area (Å²) in [6.07, 6.45) is 8.54. The molecule has 0 aromatic carbocycles. The van der Waals surface area contributed by atoms with Crippen LogP contribution >= 0.6 is 10.5 Å². The minimum atomic E-state index is 0.173. The molecular weight excluding hydrogens is 180 g/mol. The van der Waals surface area contributed by atoms with Crippen LogP contribution in [0.3, 0.4) is 0 Å². The van der Waals surface area contributed by atoms with Crippen LogP contribution in [0.15, 0.2) is 23.8 Å². The van der Waals surface area contributed by atoms with Gasteiger partial charge in [0.1, 0.15) is 0 Å². The average Bonchev–Trinajstić information content (AvgIpc) is 2.62. The maximum absolute atomic E-state index is 11.2.